The Labute approximate surface area is 122 Å². The summed E-state index contributed by atoms with van der Waals surface area (Å²) >= 11 is 0. The summed E-state index contributed by atoms with van der Waals surface area (Å²) in [6.07, 6.45) is 4.93. The first-order chi connectivity index (χ1) is 9.40. The number of hydrogen-bond donors (Lipinski definition) is 1. The van der Waals surface area contributed by atoms with Gasteiger partial charge in [-0.1, -0.05) is 39.0 Å². The Hall–Kier alpha value is -1.02. The molecule has 3 rings (SSSR count). The van der Waals surface area contributed by atoms with Gasteiger partial charge in [0.2, 0.25) is 0 Å². The van der Waals surface area contributed by atoms with E-state index in [0.717, 1.165) is 36.5 Å². The molecule has 1 atom stereocenters. The molecule has 0 aromatic heterocycles. The minimum Gasteiger partial charge on any atom is -0.487 e. The molecular weight excluding hydrogens is 248 g/mol. The maximum absolute atomic E-state index is 10.4. The fourth-order valence-corrected chi connectivity index (χ4v) is 3.90. The van der Waals surface area contributed by atoms with Gasteiger partial charge in [-0.2, -0.15) is 0 Å². The van der Waals surface area contributed by atoms with Gasteiger partial charge in [-0.15, -0.1) is 0 Å². The number of aliphatic hydroxyl groups is 1. The smallest absolute Gasteiger partial charge is 0.125 e. The topological polar surface area (TPSA) is 29.5 Å². The highest BCUT2D eigenvalue weighted by Gasteiger charge is 2.44. The van der Waals surface area contributed by atoms with Gasteiger partial charge in [-0.3, -0.25) is 0 Å². The summed E-state index contributed by atoms with van der Waals surface area (Å²) in [5.41, 5.74) is 1.21. The Kier molecular flexibility index (Phi) is 3.32. The lowest BCUT2D eigenvalue weighted by molar-refractivity contribution is -0.0563. The van der Waals surface area contributed by atoms with E-state index in [0.29, 0.717) is 5.41 Å². The molecule has 110 valence electrons. The van der Waals surface area contributed by atoms with Crippen molar-refractivity contribution in [1.82, 2.24) is 0 Å². The molecule has 1 fully saturated rings. The second kappa shape index (κ2) is 4.77. The van der Waals surface area contributed by atoms with E-state index in [2.05, 4.69) is 20.8 Å². The van der Waals surface area contributed by atoms with Crippen LogP contribution in [0.5, 0.6) is 5.75 Å². The number of hydrogen-bond acceptors (Lipinski definition) is 2. The van der Waals surface area contributed by atoms with Gasteiger partial charge in [0.15, 0.2) is 0 Å². The quantitative estimate of drug-likeness (QED) is 0.756. The molecule has 1 aromatic carbocycles. The number of aliphatic hydroxyl groups excluding tert-OH is 1. The summed E-state index contributed by atoms with van der Waals surface area (Å²) in [7, 11) is 0. The largest absolute Gasteiger partial charge is 0.487 e. The SMILES string of the molecule is CC(C)(C)C1CCC2(CC1)CC(O)c1ccccc1O2. The third-order valence-corrected chi connectivity index (χ3v) is 5.29. The number of rotatable bonds is 0. The van der Waals surface area contributed by atoms with Crippen molar-refractivity contribution < 1.29 is 9.84 Å². The van der Waals surface area contributed by atoms with Crippen LogP contribution in [0.25, 0.3) is 0 Å². The first-order valence-corrected chi connectivity index (χ1v) is 7.86. The van der Waals surface area contributed by atoms with E-state index >= 15 is 0 Å². The van der Waals surface area contributed by atoms with Gasteiger partial charge in [0.25, 0.3) is 0 Å². The molecule has 0 bridgehead atoms. The fourth-order valence-electron chi connectivity index (χ4n) is 3.90. The Bertz CT molecular complexity index is 478. The standard InChI is InChI=1S/C18H26O2/c1-17(2,3)13-8-10-18(11-9-13)12-15(19)14-6-4-5-7-16(14)20-18/h4-7,13,15,19H,8-12H2,1-3H3. The van der Waals surface area contributed by atoms with Crippen LogP contribution >= 0.6 is 0 Å². The zero-order chi connectivity index (χ0) is 14.4. The van der Waals surface area contributed by atoms with Crippen LogP contribution in [0.3, 0.4) is 0 Å². The highest BCUT2D eigenvalue weighted by Crippen LogP contribution is 2.49. The zero-order valence-corrected chi connectivity index (χ0v) is 12.9. The maximum atomic E-state index is 10.4. The Morgan fingerprint density at radius 3 is 2.45 bits per heavy atom. The molecule has 0 radical (unpaired) electrons. The van der Waals surface area contributed by atoms with Crippen LogP contribution in [0.1, 0.15) is 64.5 Å². The van der Waals surface area contributed by atoms with E-state index in [-0.39, 0.29) is 11.7 Å². The molecule has 1 aromatic rings. The van der Waals surface area contributed by atoms with Gasteiger partial charge >= 0.3 is 0 Å². The van der Waals surface area contributed by atoms with Crippen LogP contribution in [0.2, 0.25) is 0 Å². The van der Waals surface area contributed by atoms with Crippen molar-refractivity contribution in [2.75, 3.05) is 0 Å². The summed E-state index contributed by atoms with van der Waals surface area (Å²) in [4.78, 5) is 0. The summed E-state index contributed by atoms with van der Waals surface area (Å²) in [6, 6.07) is 7.94. The Morgan fingerprint density at radius 2 is 1.80 bits per heavy atom. The second-order valence-corrected chi connectivity index (χ2v) is 7.68. The highest BCUT2D eigenvalue weighted by atomic mass is 16.5. The molecule has 1 heterocycles. The Balaban J connectivity index is 1.77. The fraction of sp³-hybridized carbons (Fsp3) is 0.667. The van der Waals surface area contributed by atoms with Gasteiger partial charge < -0.3 is 9.84 Å². The summed E-state index contributed by atoms with van der Waals surface area (Å²) in [5.74, 6) is 1.66. The lowest BCUT2D eigenvalue weighted by atomic mass is 9.66. The van der Waals surface area contributed by atoms with E-state index in [4.69, 9.17) is 4.74 Å². The van der Waals surface area contributed by atoms with Crippen molar-refractivity contribution in [3.05, 3.63) is 29.8 Å². The monoisotopic (exact) mass is 274 g/mol. The zero-order valence-electron chi connectivity index (χ0n) is 12.9. The molecule has 1 N–H and O–H groups in total. The van der Waals surface area contributed by atoms with Gasteiger partial charge in [-0.05, 0) is 43.1 Å². The molecule has 1 spiro atoms. The van der Waals surface area contributed by atoms with E-state index in [9.17, 15) is 5.11 Å². The molecule has 2 heteroatoms. The minimum atomic E-state index is -0.369. The van der Waals surface area contributed by atoms with Crippen LogP contribution in [0.15, 0.2) is 24.3 Å². The van der Waals surface area contributed by atoms with Gasteiger partial charge in [0.05, 0.1) is 6.10 Å². The van der Waals surface area contributed by atoms with Gasteiger partial charge in [-0.25, -0.2) is 0 Å². The van der Waals surface area contributed by atoms with Crippen LogP contribution in [0, 0.1) is 11.3 Å². The number of para-hydroxylation sites is 1. The van der Waals surface area contributed by atoms with E-state index < -0.39 is 0 Å². The number of benzene rings is 1. The normalized spacial score (nSPS) is 33.6. The number of ether oxygens (including phenoxy) is 1. The third-order valence-electron chi connectivity index (χ3n) is 5.29. The lowest BCUT2D eigenvalue weighted by Crippen LogP contribution is -2.45. The molecule has 0 saturated heterocycles. The molecule has 2 aliphatic rings. The minimum absolute atomic E-state index is 0.129. The molecule has 1 saturated carbocycles. The van der Waals surface area contributed by atoms with E-state index in [1.165, 1.54) is 12.8 Å². The summed E-state index contributed by atoms with van der Waals surface area (Å²) in [6.45, 7) is 7.00. The summed E-state index contributed by atoms with van der Waals surface area (Å²) in [5, 5.41) is 10.4. The molecule has 0 amide bonds. The van der Waals surface area contributed by atoms with Crippen molar-refractivity contribution in [1.29, 1.82) is 0 Å². The van der Waals surface area contributed by atoms with E-state index in [1.807, 2.05) is 24.3 Å². The molecule has 2 nitrogen and oxygen atoms in total. The average molecular weight is 274 g/mol. The molecule has 1 aliphatic carbocycles. The van der Waals surface area contributed by atoms with Crippen LogP contribution in [-0.4, -0.2) is 10.7 Å². The van der Waals surface area contributed by atoms with Gasteiger partial charge in [0, 0.05) is 12.0 Å². The van der Waals surface area contributed by atoms with Gasteiger partial charge in [0.1, 0.15) is 11.4 Å². The van der Waals surface area contributed by atoms with Crippen molar-refractivity contribution in [2.24, 2.45) is 11.3 Å². The van der Waals surface area contributed by atoms with Crippen molar-refractivity contribution in [3.63, 3.8) is 0 Å². The Morgan fingerprint density at radius 1 is 1.15 bits per heavy atom. The lowest BCUT2D eigenvalue weighted by Gasteiger charge is -2.47. The third kappa shape index (κ3) is 2.46. The maximum Gasteiger partial charge on any atom is 0.125 e. The average Bonchev–Trinajstić information content (AvgIpc) is 2.38. The van der Waals surface area contributed by atoms with Crippen molar-refractivity contribution in [3.8, 4) is 5.75 Å². The van der Waals surface area contributed by atoms with Crippen molar-refractivity contribution >= 4 is 0 Å². The summed E-state index contributed by atoms with van der Waals surface area (Å²) < 4.78 is 6.33. The molecule has 1 aliphatic heterocycles. The van der Waals surface area contributed by atoms with Crippen LogP contribution < -0.4 is 4.74 Å². The van der Waals surface area contributed by atoms with E-state index in [1.54, 1.807) is 0 Å². The molecule has 20 heavy (non-hydrogen) atoms. The molecule has 1 unspecified atom stereocenters. The van der Waals surface area contributed by atoms with Crippen LogP contribution in [0.4, 0.5) is 0 Å². The second-order valence-electron chi connectivity index (χ2n) is 7.68. The first kappa shape index (κ1) is 13.9. The predicted octanol–water partition coefficient (Wildman–Crippen LogP) is 4.48. The number of fused-ring (bicyclic) bond motifs is 1. The first-order valence-electron chi connectivity index (χ1n) is 7.86. The molecular formula is C18H26O2. The van der Waals surface area contributed by atoms with Crippen LogP contribution in [-0.2, 0) is 0 Å². The highest BCUT2D eigenvalue weighted by molar-refractivity contribution is 5.38. The predicted molar refractivity (Wildman–Crippen MR) is 80.8 cm³/mol. The van der Waals surface area contributed by atoms with Crippen molar-refractivity contribution in [2.45, 2.75) is 64.6 Å².